The first kappa shape index (κ1) is 19.0. The van der Waals surface area contributed by atoms with E-state index < -0.39 is 12.0 Å². The quantitative estimate of drug-likeness (QED) is 0.826. The van der Waals surface area contributed by atoms with Crippen molar-refractivity contribution in [1.29, 1.82) is 0 Å². The van der Waals surface area contributed by atoms with Gasteiger partial charge >= 0.3 is 5.97 Å². The Morgan fingerprint density at radius 1 is 1.24 bits per heavy atom. The lowest BCUT2D eigenvalue weighted by Gasteiger charge is -2.17. The molecule has 134 valence electrons. The topological polar surface area (TPSA) is 84.2 Å². The van der Waals surface area contributed by atoms with Gasteiger partial charge in [0.25, 0.3) is 0 Å². The van der Waals surface area contributed by atoms with E-state index in [0.717, 1.165) is 22.6 Å². The molecule has 2 rings (SSSR count). The average molecular weight is 364 g/mol. The van der Waals surface area contributed by atoms with E-state index in [9.17, 15) is 14.7 Å². The lowest BCUT2D eigenvalue weighted by atomic mass is 10.0. The molecule has 0 fully saturated rings. The van der Waals surface area contributed by atoms with Gasteiger partial charge in [0.15, 0.2) is 0 Å². The van der Waals surface area contributed by atoms with Gasteiger partial charge in [-0.25, -0.2) is 9.48 Å². The maximum Gasteiger partial charge on any atom is 0.326 e. The summed E-state index contributed by atoms with van der Waals surface area (Å²) in [6, 6.07) is 6.36. The van der Waals surface area contributed by atoms with Crippen molar-refractivity contribution in [2.75, 3.05) is 0 Å². The third-order valence-electron chi connectivity index (χ3n) is 4.10. The summed E-state index contributed by atoms with van der Waals surface area (Å²) in [4.78, 5) is 23.5. The predicted octanol–water partition coefficient (Wildman–Crippen LogP) is 2.91. The summed E-state index contributed by atoms with van der Waals surface area (Å²) < 4.78 is 1.76. The number of rotatable bonds is 6. The van der Waals surface area contributed by atoms with Crippen LogP contribution in [0.1, 0.15) is 30.8 Å². The highest BCUT2D eigenvalue weighted by Gasteiger charge is 2.24. The maximum atomic E-state index is 12.3. The van der Waals surface area contributed by atoms with Crippen LogP contribution in [0.4, 0.5) is 0 Å². The smallest absolute Gasteiger partial charge is 0.326 e. The Labute approximate surface area is 151 Å². The Hall–Kier alpha value is -2.34. The molecule has 1 atom stereocenters. The van der Waals surface area contributed by atoms with Gasteiger partial charge in [0, 0.05) is 16.3 Å². The Bertz CT molecular complexity index is 782. The number of halogens is 1. The van der Waals surface area contributed by atoms with Crippen molar-refractivity contribution < 1.29 is 14.7 Å². The van der Waals surface area contributed by atoms with Crippen LogP contribution in [0.3, 0.4) is 0 Å². The summed E-state index contributed by atoms with van der Waals surface area (Å²) in [5.74, 6) is -1.56. The molecule has 1 aromatic carbocycles. The molecule has 2 N–H and O–H groups in total. The first-order valence-electron chi connectivity index (χ1n) is 8.04. The van der Waals surface area contributed by atoms with Crippen LogP contribution in [-0.4, -0.2) is 32.8 Å². The molecular weight excluding hydrogens is 342 g/mol. The molecule has 2 aromatic rings. The highest BCUT2D eigenvalue weighted by Crippen LogP contribution is 2.20. The molecule has 7 heteroatoms. The molecule has 0 aliphatic carbocycles. The van der Waals surface area contributed by atoms with Crippen LogP contribution < -0.4 is 5.32 Å². The fraction of sp³-hybridized carbons (Fsp3) is 0.389. The molecule has 1 aromatic heterocycles. The van der Waals surface area contributed by atoms with Gasteiger partial charge in [-0.3, -0.25) is 4.79 Å². The third kappa shape index (κ3) is 4.39. The molecule has 1 amide bonds. The zero-order chi connectivity index (χ0) is 18.7. The minimum absolute atomic E-state index is 0.0851. The van der Waals surface area contributed by atoms with Crippen LogP contribution in [0.2, 0.25) is 5.02 Å². The van der Waals surface area contributed by atoms with Gasteiger partial charge in [0.2, 0.25) is 5.91 Å². The molecule has 25 heavy (non-hydrogen) atoms. The summed E-state index contributed by atoms with van der Waals surface area (Å²) in [5.41, 5.74) is 3.22. The standard InChI is InChI=1S/C18H22ClN3O3/c1-10(2)17(18(24)25)20-16(23)9-15-11(3)21-22(12(15)4)14-7-5-13(19)6-8-14/h5-8,10,17H,9H2,1-4H3,(H,20,23)(H,24,25)/t17-/m1/s1. The van der Waals surface area contributed by atoms with Gasteiger partial charge in [0.05, 0.1) is 17.8 Å². The van der Waals surface area contributed by atoms with E-state index in [4.69, 9.17) is 11.6 Å². The zero-order valence-electron chi connectivity index (χ0n) is 14.7. The lowest BCUT2D eigenvalue weighted by Crippen LogP contribution is -2.45. The Kier molecular flexibility index (Phi) is 5.85. The van der Waals surface area contributed by atoms with E-state index in [0.29, 0.717) is 5.02 Å². The number of carbonyl (C=O) groups is 2. The molecule has 0 saturated carbocycles. The van der Waals surface area contributed by atoms with E-state index in [2.05, 4.69) is 10.4 Å². The summed E-state index contributed by atoms with van der Waals surface area (Å²) in [7, 11) is 0. The number of aliphatic carboxylic acids is 1. The number of aryl methyl sites for hydroxylation is 1. The second kappa shape index (κ2) is 7.70. The number of benzene rings is 1. The predicted molar refractivity (Wildman–Crippen MR) is 96.2 cm³/mol. The molecule has 0 saturated heterocycles. The first-order valence-corrected chi connectivity index (χ1v) is 8.41. The number of amides is 1. The van der Waals surface area contributed by atoms with E-state index in [1.54, 1.807) is 30.7 Å². The summed E-state index contributed by atoms with van der Waals surface area (Å²) >= 11 is 5.91. The van der Waals surface area contributed by atoms with Gasteiger partial charge in [-0.05, 0) is 44.0 Å². The molecule has 0 unspecified atom stereocenters. The normalized spacial score (nSPS) is 12.2. The van der Waals surface area contributed by atoms with Gasteiger partial charge in [0.1, 0.15) is 6.04 Å². The van der Waals surface area contributed by atoms with Crippen LogP contribution in [0.15, 0.2) is 24.3 Å². The van der Waals surface area contributed by atoms with E-state index >= 15 is 0 Å². The average Bonchev–Trinajstić information content (AvgIpc) is 2.81. The van der Waals surface area contributed by atoms with Crippen LogP contribution >= 0.6 is 11.6 Å². The van der Waals surface area contributed by atoms with E-state index in [-0.39, 0.29) is 18.2 Å². The summed E-state index contributed by atoms with van der Waals surface area (Å²) in [6.45, 7) is 7.23. The Balaban J connectivity index is 2.22. The largest absolute Gasteiger partial charge is 0.480 e. The highest BCUT2D eigenvalue weighted by molar-refractivity contribution is 6.30. The Morgan fingerprint density at radius 3 is 2.36 bits per heavy atom. The van der Waals surface area contributed by atoms with Gasteiger partial charge in [-0.1, -0.05) is 25.4 Å². The molecular formula is C18H22ClN3O3. The second-order valence-electron chi connectivity index (χ2n) is 6.34. The SMILES string of the molecule is Cc1nn(-c2ccc(Cl)cc2)c(C)c1CC(=O)N[C@@H](C(=O)O)C(C)C. The fourth-order valence-electron chi connectivity index (χ4n) is 2.66. The van der Waals surface area contributed by atoms with Crippen molar-refractivity contribution >= 4 is 23.5 Å². The molecule has 1 heterocycles. The van der Waals surface area contributed by atoms with E-state index in [1.807, 2.05) is 26.0 Å². The number of carboxylic acid groups (broad SMARTS) is 1. The maximum absolute atomic E-state index is 12.3. The number of hydrogen-bond donors (Lipinski definition) is 2. The molecule has 0 bridgehead atoms. The lowest BCUT2D eigenvalue weighted by molar-refractivity contribution is -0.143. The van der Waals surface area contributed by atoms with Crippen LogP contribution in [0, 0.1) is 19.8 Å². The number of aromatic nitrogens is 2. The van der Waals surface area contributed by atoms with Crippen molar-refractivity contribution in [2.24, 2.45) is 5.92 Å². The number of hydrogen-bond acceptors (Lipinski definition) is 3. The number of carboxylic acids is 1. The van der Waals surface area contributed by atoms with Crippen LogP contribution in [0.5, 0.6) is 0 Å². The van der Waals surface area contributed by atoms with Crippen molar-refractivity contribution in [3.05, 3.63) is 46.2 Å². The zero-order valence-corrected chi connectivity index (χ0v) is 15.5. The number of nitrogens with one attached hydrogen (secondary N) is 1. The third-order valence-corrected chi connectivity index (χ3v) is 4.35. The second-order valence-corrected chi connectivity index (χ2v) is 6.78. The minimum atomic E-state index is -1.03. The summed E-state index contributed by atoms with van der Waals surface area (Å²) in [5, 5.41) is 16.9. The van der Waals surface area contributed by atoms with Crippen molar-refractivity contribution in [1.82, 2.24) is 15.1 Å². The monoisotopic (exact) mass is 363 g/mol. The number of nitrogens with zero attached hydrogens (tertiary/aromatic N) is 2. The van der Waals surface area contributed by atoms with Crippen molar-refractivity contribution in [2.45, 2.75) is 40.2 Å². The van der Waals surface area contributed by atoms with Crippen LogP contribution in [-0.2, 0) is 16.0 Å². The molecule has 6 nitrogen and oxygen atoms in total. The van der Waals surface area contributed by atoms with Gasteiger partial charge in [-0.15, -0.1) is 0 Å². The fourth-order valence-corrected chi connectivity index (χ4v) is 2.79. The molecule has 0 aliphatic rings. The van der Waals surface area contributed by atoms with E-state index in [1.165, 1.54) is 0 Å². The van der Waals surface area contributed by atoms with Crippen molar-refractivity contribution in [3.8, 4) is 5.69 Å². The van der Waals surface area contributed by atoms with Crippen molar-refractivity contribution in [3.63, 3.8) is 0 Å². The number of carbonyl (C=O) groups excluding carboxylic acids is 1. The first-order chi connectivity index (χ1) is 11.7. The molecule has 0 radical (unpaired) electrons. The molecule has 0 spiro atoms. The highest BCUT2D eigenvalue weighted by atomic mass is 35.5. The minimum Gasteiger partial charge on any atom is -0.480 e. The molecule has 0 aliphatic heterocycles. The summed E-state index contributed by atoms with van der Waals surface area (Å²) in [6.07, 6.45) is 0.0851. The van der Waals surface area contributed by atoms with Gasteiger partial charge in [-0.2, -0.15) is 5.10 Å². The van der Waals surface area contributed by atoms with Crippen LogP contribution in [0.25, 0.3) is 5.69 Å². The van der Waals surface area contributed by atoms with Gasteiger partial charge < -0.3 is 10.4 Å². The Morgan fingerprint density at radius 2 is 1.84 bits per heavy atom.